The van der Waals surface area contributed by atoms with Crippen molar-refractivity contribution >= 4 is 0 Å². The smallest absolute Gasteiger partial charge is 0.0900 e. The van der Waals surface area contributed by atoms with Crippen LogP contribution < -0.4 is 5.32 Å². The van der Waals surface area contributed by atoms with Gasteiger partial charge in [0.05, 0.1) is 18.2 Å². The molecule has 1 aliphatic rings. The van der Waals surface area contributed by atoms with Gasteiger partial charge in [0.1, 0.15) is 0 Å². The topological polar surface area (TPSA) is 39.7 Å². The first-order valence-corrected chi connectivity index (χ1v) is 6.82. The molecule has 0 saturated carbocycles. The molecular weight excluding hydrogens is 218 g/mol. The fourth-order valence-electron chi connectivity index (χ4n) is 2.48. The van der Waals surface area contributed by atoms with E-state index < -0.39 is 0 Å². The summed E-state index contributed by atoms with van der Waals surface area (Å²) in [6, 6.07) is 0.260. The fraction of sp³-hybridized carbons (Fsp3) is 1.00. The van der Waals surface area contributed by atoms with Crippen molar-refractivity contribution in [3.8, 4) is 0 Å². The second-order valence-electron chi connectivity index (χ2n) is 4.38. The van der Waals surface area contributed by atoms with Gasteiger partial charge in [-0.25, -0.2) is 0 Å². The molecule has 17 heavy (non-hydrogen) atoms. The molecule has 1 aliphatic heterocycles. The molecule has 1 heterocycles. The predicted octanol–water partition coefficient (Wildman–Crippen LogP) is 1.59. The van der Waals surface area contributed by atoms with E-state index in [0.717, 1.165) is 45.8 Å². The van der Waals surface area contributed by atoms with Gasteiger partial charge in [-0.1, -0.05) is 6.92 Å². The van der Waals surface area contributed by atoms with Gasteiger partial charge in [0.2, 0.25) is 0 Å². The third-order valence-corrected chi connectivity index (χ3v) is 3.35. The van der Waals surface area contributed by atoms with Gasteiger partial charge in [-0.15, -0.1) is 0 Å². The van der Waals surface area contributed by atoms with Crippen LogP contribution in [0.1, 0.15) is 33.6 Å². The minimum atomic E-state index is -0.113. The summed E-state index contributed by atoms with van der Waals surface area (Å²) in [5, 5.41) is 3.51. The monoisotopic (exact) mass is 245 g/mol. The minimum absolute atomic E-state index is 0.113. The molecule has 0 aliphatic carbocycles. The molecular formula is C13H27NO3. The van der Waals surface area contributed by atoms with Gasteiger partial charge < -0.3 is 19.5 Å². The number of nitrogens with one attached hydrogen (secondary N) is 1. The van der Waals surface area contributed by atoms with Crippen LogP contribution in [0.3, 0.4) is 0 Å². The lowest BCUT2D eigenvalue weighted by Gasteiger charge is -2.43. The molecule has 0 amide bonds. The summed E-state index contributed by atoms with van der Waals surface area (Å²) in [6.45, 7) is 10.9. The Bertz CT molecular complexity index is 188. The van der Waals surface area contributed by atoms with Crippen molar-refractivity contribution in [3.63, 3.8) is 0 Å². The molecule has 1 rings (SSSR count). The summed E-state index contributed by atoms with van der Waals surface area (Å²) >= 11 is 0. The highest BCUT2D eigenvalue weighted by molar-refractivity contribution is 4.95. The average Bonchev–Trinajstić information content (AvgIpc) is 2.36. The molecule has 1 fully saturated rings. The van der Waals surface area contributed by atoms with E-state index in [2.05, 4.69) is 19.2 Å². The fourth-order valence-corrected chi connectivity index (χ4v) is 2.48. The molecule has 102 valence electrons. The Balaban J connectivity index is 2.67. The number of hydrogen-bond donors (Lipinski definition) is 1. The van der Waals surface area contributed by atoms with Crippen LogP contribution in [0, 0.1) is 0 Å². The van der Waals surface area contributed by atoms with Gasteiger partial charge in [0, 0.05) is 39.3 Å². The van der Waals surface area contributed by atoms with Gasteiger partial charge in [-0.05, 0) is 20.4 Å². The highest BCUT2D eigenvalue weighted by Crippen LogP contribution is 2.29. The van der Waals surface area contributed by atoms with E-state index in [-0.39, 0.29) is 11.6 Å². The van der Waals surface area contributed by atoms with Crippen molar-refractivity contribution in [1.29, 1.82) is 0 Å². The Morgan fingerprint density at radius 3 is 2.41 bits per heavy atom. The van der Waals surface area contributed by atoms with Crippen LogP contribution in [0.2, 0.25) is 0 Å². The Kier molecular flexibility index (Phi) is 7.04. The van der Waals surface area contributed by atoms with Gasteiger partial charge in [0.25, 0.3) is 0 Å². The van der Waals surface area contributed by atoms with Crippen molar-refractivity contribution in [1.82, 2.24) is 5.32 Å². The van der Waals surface area contributed by atoms with Crippen LogP contribution in [0.5, 0.6) is 0 Å². The number of ether oxygens (including phenoxy) is 3. The lowest BCUT2D eigenvalue weighted by atomic mass is 9.86. The molecule has 0 aromatic rings. The molecule has 1 saturated heterocycles. The zero-order chi connectivity index (χ0) is 12.6. The molecule has 1 unspecified atom stereocenters. The zero-order valence-corrected chi connectivity index (χ0v) is 11.5. The van der Waals surface area contributed by atoms with Gasteiger partial charge in [0.15, 0.2) is 0 Å². The molecule has 0 aromatic heterocycles. The maximum Gasteiger partial charge on any atom is 0.0900 e. The van der Waals surface area contributed by atoms with Crippen molar-refractivity contribution in [3.05, 3.63) is 0 Å². The number of hydrogen-bond acceptors (Lipinski definition) is 4. The first kappa shape index (κ1) is 14.9. The van der Waals surface area contributed by atoms with Crippen molar-refractivity contribution < 1.29 is 14.2 Å². The van der Waals surface area contributed by atoms with E-state index in [1.165, 1.54) is 0 Å². The normalized spacial score (nSPS) is 21.4. The largest absolute Gasteiger partial charge is 0.381 e. The van der Waals surface area contributed by atoms with Gasteiger partial charge in [-0.2, -0.15) is 0 Å². The van der Waals surface area contributed by atoms with Crippen LogP contribution >= 0.6 is 0 Å². The Morgan fingerprint density at radius 1 is 1.18 bits per heavy atom. The van der Waals surface area contributed by atoms with Gasteiger partial charge in [-0.3, -0.25) is 0 Å². The van der Waals surface area contributed by atoms with Crippen molar-refractivity contribution in [2.75, 3.05) is 39.6 Å². The molecule has 0 spiro atoms. The van der Waals surface area contributed by atoms with Gasteiger partial charge >= 0.3 is 0 Å². The van der Waals surface area contributed by atoms with Crippen LogP contribution in [-0.2, 0) is 14.2 Å². The molecule has 1 atom stereocenters. The third-order valence-electron chi connectivity index (χ3n) is 3.35. The number of rotatable bonds is 8. The molecule has 4 heteroatoms. The van der Waals surface area contributed by atoms with Crippen molar-refractivity contribution in [2.24, 2.45) is 0 Å². The summed E-state index contributed by atoms with van der Waals surface area (Å²) in [6.07, 6.45) is 1.90. The van der Waals surface area contributed by atoms with Crippen molar-refractivity contribution in [2.45, 2.75) is 45.3 Å². The molecule has 0 aromatic carbocycles. The summed E-state index contributed by atoms with van der Waals surface area (Å²) in [5.74, 6) is 0. The Morgan fingerprint density at radius 2 is 1.88 bits per heavy atom. The zero-order valence-electron chi connectivity index (χ0n) is 11.5. The summed E-state index contributed by atoms with van der Waals surface area (Å²) in [7, 11) is 0. The predicted molar refractivity (Wildman–Crippen MR) is 68.4 cm³/mol. The van der Waals surface area contributed by atoms with E-state index in [4.69, 9.17) is 14.2 Å². The highest BCUT2D eigenvalue weighted by atomic mass is 16.5. The van der Waals surface area contributed by atoms with E-state index in [1.54, 1.807) is 0 Å². The lowest BCUT2D eigenvalue weighted by Crippen LogP contribution is -2.57. The van der Waals surface area contributed by atoms with E-state index in [1.807, 2.05) is 6.92 Å². The average molecular weight is 245 g/mol. The van der Waals surface area contributed by atoms with E-state index >= 15 is 0 Å². The quantitative estimate of drug-likeness (QED) is 0.705. The van der Waals surface area contributed by atoms with Crippen LogP contribution in [0.25, 0.3) is 0 Å². The molecule has 0 radical (unpaired) electrons. The maximum atomic E-state index is 6.06. The van der Waals surface area contributed by atoms with Crippen LogP contribution in [0.4, 0.5) is 0 Å². The van der Waals surface area contributed by atoms with Crippen LogP contribution in [0.15, 0.2) is 0 Å². The van der Waals surface area contributed by atoms with E-state index in [9.17, 15) is 0 Å². The van der Waals surface area contributed by atoms with Crippen LogP contribution in [-0.4, -0.2) is 51.2 Å². The first-order chi connectivity index (χ1) is 8.29. The standard InChI is InChI=1S/C13H27NO3/c1-4-14-12(11-15-5-2)13(17-6-3)7-9-16-10-8-13/h12,14H,4-11H2,1-3H3. The first-order valence-electron chi connectivity index (χ1n) is 6.82. The second kappa shape index (κ2) is 8.03. The maximum absolute atomic E-state index is 6.06. The second-order valence-corrected chi connectivity index (χ2v) is 4.38. The highest BCUT2D eigenvalue weighted by Gasteiger charge is 2.40. The Labute approximate surface area is 105 Å². The summed E-state index contributed by atoms with van der Waals surface area (Å²) < 4.78 is 17.1. The summed E-state index contributed by atoms with van der Waals surface area (Å²) in [5.41, 5.74) is -0.113. The van der Waals surface area contributed by atoms with E-state index in [0.29, 0.717) is 6.61 Å². The third kappa shape index (κ3) is 4.21. The SMILES string of the molecule is CCNC(COCC)C1(OCC)CCOCC1. The summed E-state index contributed by atoms with van der Waals surface area (Å²) in [4.78, 5) is 0. The molecule has 1 N–H and O–H groups in total. The lowest BCUT2D eigenvalue weighted by molar-refractivity contribution is -0.136. The number of likely N-dealkylation sites (N-methyl/N-ethyl adjacent to an activating group) is 1. The Hall–Kier alpha value is -0.160. The molecule has 4 nitrogen and oxygen atoms in total. The minimum Gasteiger partial charge on any atom is -0.381 e. The molecule has 0 bridgehead atoms.